The van der Waals surface area contributed by atoms with Gasteiger partial charge in [-0.25, -0.2) is 0 Å². The van der Waals surface area contributed by atoms with Gasteiger partial charge in [-0.05, 0) is 13.3 Å². The van der Waals surface area contributed by atoms with Crippen molar-refractivity contribution < 1.29 is 5.11 Å². The van der Waals surface area contributed by atoms with Crippen LogP contribution in [0.4, 0.5) is 0 Å². The molecule has 1 aliphatic rings. The maximum Gasteiger partial charge on any atom is 0.164 e. The SMILES string of the molecule is CCC(C)(O)c1nnc2n1CCNC2. The Morgan fingerprint density at radius 3 is 3.07 bits per heavy atom. The van der Waals surface area contributed by atoms with Gasteiger partial charge in [-0.1, -0.05) is 6.92 Å². The average Bonchev–Trinajstić information content (AvgIpc) is 2.61. The first kappa shape index (κ1) is 9.61. The van der Waals surface area contributed by atoms with Crippen molar-refractivity contribution in [3.63, 3.8) is 0 Å². The van der Waals surface area contributed by atoms with E-state index in [2.05, 4.69) is 15.5 Å². The highest BCUT2D eigenvalue weighted by Crippen LogP contribution is 2.23. The molecule has 1 unspecified atom stereocenters. The summed E-state index contributed by atoms with van der Waals surface area (Å²) >= 11 is 0. The molecule has 2 N–H and O–H groups in total. The highest BCUT2D eigenvalue weighted by molar-refractivity contribution is 5.05. The van der Waals surface area contributed by atoms with Crippen LogP contribution in [-0.4, -0.2) is 26.4 Å². The largest absolute Gasteiger partial charge is 0.382 e. The lowest BCUT2D eigenvalue weighted by molar-refractivity contribution is 0.0389. The Morgan fingerprint density at radius 1 is 1.57 bits per heavy atom. The molecule has 2 rings (SSSR count). The molecule has 0 fully saturated rings. The van der Waals surface area contributed by atoms with Gasteiger partial charge in [-0.2, -0.15) is 0 Å². The monoisotopic (exact) mass is 196 g/mol. The molecule has 0 bridgehead atoms. The van der Waals surface area contributed by atoms with Crippen molar-refractivity contribution in [3.8, 4) is 0 Å². The van der Waals surface area contributed by atoms with Crippen LogP contribution < -0.4 is 5.32 Å². The van der Waals surface area contributed by atoms with Crippen LogP contribution in [0.3, 0.4) is 0 Å². The molecule has 78 valence electrons. The van der Waals surface area contributed by atoms with Crippen LogP contribution in [0.25, 0.3) is 0 Å². The Labute approximate surface area is 83.2 Å². The molecule has 1 aromatic heterocycles. The summed E-state index contributed by atoms with van der Waals surface area (Å²) in [5, 5.41) is 21.4. The minimum atomic E-state index is -0.859. The molecule has 0 saturated heterocycles. The molecule has 0 radical (unpaired) electrons. The number of rotatable bonds is 2. The molecule has 14 heavy (non-hydrogen) atoms. The van der Waals surface area contributed by atoms with Crippen LogP contribution in [0.1, 0.15) is 31.9 Å². The van der Waals surface area contributed by atoms with Gasteiger partial charge in [0, 0.05) is 13.1 Å². The maximum absolute atomic E-state index is 10.1. The fourth-order valence-corrected chi connectivity index (χ4v) is 1.65. The third-order valence-corrected chi connectivity index (χ3v) is 2.79. The highest BCUT2D eigenvalue weighted by atomic mass is 16.3. The van der Waals surface area contributed by atoms with Crippen molar-refractivity contribution in [1.82, 2.24) is 20.1 Å². The van der Waals surface area contributed by atoms with Gasteiger partial charge < -0.3 is 15.0 Å². The summed E-state index contributed by atoms with van der Waals surface area (Å²) in [5.41, 5.74) is -0.859. The molecule has 5 nitrogen and oxygen atoms in total. The van der Waals surface area contributed by atoms with Gasteiger partial charge in [0.15, 0.2) is 5.82 Å². The van der Waals surface area contributed by atoms with Gasteiger partial charge in [0.05, 0.1) is 6.54 Å². The summed E-state index contributed by atoms with van der Waals surface area (Å²) in [6, 6.07) is 0. The zero-order chi connectivity index (χ0) is 10.2. The molecular weight excluding hydrogens is 180 g/mol. The van der Waals surface area contributed by atoms with E-state index >= 15 is 0 Å². The zero-order valence-electron chi connectivity index (χ0n) is 8.62. The topological polar surface area (TPSA) is 63.0 Å². The number of hydrogen-bond donors (Lipinski definition) is 2. The van der Waals surface area contributed by atoms with E-state index in [0.29, 0.717) is 12.2 Å². The van der Waals surface area contributed by atoms with Crippen LogP contribution in [0.5, 0.6) is 0 Å². The molecular formula is C9H16N4O. The van der Waals surface area contributed by atoms with Crippen molar-refractivity contribution in [2.75, 3.05) is 6.54 Å². The second-order valence-electron chi connectivity index (χ2n) is 3.90. The fourth-order valence-electron chi connectivity index (χ4n) is 1.65. The summed E-state index contributed by atoms with van der Waals surface area (Å²) < 4.78 is 2.01. The first-order chi connectivity index (χ1) is 6.65. The maximum atomic E-state index is 10.1. The van der Waals surface area contributed by atoms with Gasteiger partial charge in [-0.15, -0.1) is 10.2 Å². The minimum Gasteiger partial charge on any atom is -0.382 e. The average molecular weight is 196 g/mol. The molecule has 0 saturated carbocycles. The van der Waals surface area contributed by atoms with E-state index in [9.17, 15) is 5.11 Å². The molecule has 0 aliphatic carbocycles. The number of fused-ring (bicyclic) bond motifs is 1. The summed E-state index contributed by atoms with van der Waals surface area (Å²) in [6.45, 7) is 6.23. The van der Waals surface area contributed by atoms with Crippen LogP contribution in [-0.2, 0) is 18.7 Å². The van der Waals surface area contributed by atoms with E-state index in [4.69, 9.17) is 0 Å². The Balaban J connectivity index is 2.39. The lowest BCUT2D eigenvalue weighted by Crippen LogP contribution is -2.33. The first-order valence-corrected chi connectivity index (χ1v) is 5.01. The number of nitrogens with zero attached hydrogens (tertiary/aromatic N) is 3. The van der Waals surface area contributed by atoms with Crippen molar-refractivity contribution in [1.29, 1.82) is 0 Å². The summed E-state index contributed by atoms with van der Waals surface area (Å²) in [7, 11) is 0. The zero-order valence-corrected chi connectivity index (χ0v) is 8.62. The molecule has 1 aliphatic heterocycles. The Bertz CT molecular complexity index is 332. The molecule has 1 aromatic rings. The van der Waals surface area contributed by atoms with Crippen LogP contribution in [0.2, 0.25) is 0 Å². The van der Waals surface area contributed by atoms with Gasteiger partial charge in [0.1, 0.15) is 11.4 Å². The summed E-state index contributed by atoms with van der Waals surface area (Å²) in [5.74, 6) is 1.61. The third kappa shape index (κ3) is 1.42. The third-order valence-electron chi connectivity index (χ3n) is 2.79. The van der Waals surface area contributed by atoms with E-state index in [1.165, 1.54) is 0 Å². The second-order valence-corrected chi connectivity index (χ2v) is 3.90. The van der Waals surface area contributed by atoms with Crippen molar-refractivity contribution >= 4 is 0 Å². The normalized spacial score (nSPS) is 20.2. The molecule has 1 atom stereocenters. The van der Waals surface area contributed by atoms with Crippen molar-refractivity contribution in [2.24, 2.45) is 0 Å². The number of aliphatic hydroxyl groups is 1. The first-order valence-electron chi connectivity index (χ1n) is 5.01. The van der Waals surface area contributed by atoms with Gasteiger partial charge >= 0.3 is 0 Å². The van der Waals surface area contributed by atoms with Gasteiger partial charge in [0.2, 0.25) is 0 Å². The lowest BCUT2D eigenvalue weighted by Gasteiger charge is -2.23. The van der Waals surface area contributed by atoms with Crippen molar-refractivity contribution in [2.45, 2.75) is 39.0 Å². The second kappa shape index (κ2) is 3.33. The fraction of sp³-hybridized carbons (Fsp3) is 0.778. The van der Waals surface area contributed by atoms with Crippen LogP contribution >= 0.6 is 0 Å². The molecule has 0 aromatic carbocycles. The predicted octanol–water partition coefficient (Wildman–Crippen LogP) is -0.00120. The van der Waals surface area contributed by atoms with Gasteiger partial charge in [0.25, 0.3) is 0 Å². The molecule has 0 amide bonds. The van der Waals surface area contributed by atoms with Crippen molar-refractivity contribution in [3.05, 3.63) is 11.6 Å². The summed E-state index contributed by atoms with van der Waals surface area (Å²) in [4.78, 5) is 0. The highest BCUT2D eigenvalue weighted by Gasteiger charge is 2.29. The number of hydrogen-bond acceptors (Lipinski definition) is 4. The van der Waals surface area contributed by atoms with Gasteiger partial charge in [-0.3, -0.25) is 0 Å². The van der Waals surface area contributed by atoms with Crippen LogP contribution in [0.15, 0.2) is 0 Å². The van der Waals surface area contributed by atoms with E-state index in [0.717, 1.165) is 25.5 Å². The smallest absolute Gasteiger partial charge is 0.164 e. The standard InChI is InChI=1S/C9H16N4O/c1-3-9(2,14)8-12-11-7-6-10-4-5-13(7)8/h10,14H,3-6H2,1-2H3. The predicted molar refractivity (Wildman–Crippen MR) is 51.6 cm³/mol. The lowest BCUT2D eigenvalue weighted by atomic mass is 10.0. The number of nitrogens with one attached hydrogen (secondary N) is 1. The quantitative estimate of drug-likeness (QED) is 0.699. The Hall–Kier alpha value is -0.940. The van der Waals surface area contributed by atoms with E-state index < -0.39 is 5.60 Å². The van der Waals surface area contributed by atoms with E-state index in [-0.39, 0.29) is 0 Å². The van der Waals surface area contributed by atoms with Crippen LogP contribution in [0, 0.1) is 0 Å². The van der Waals surface area contributed by atoms with E-state index in [1.807, 2.05) is 11.5 Å². The number of aromatic nitrogens is 3. The summed E-state index contributed by atoms with van der Waals surface area (Å²) in [6.07, 6.45) is 0.651. The minimum absolute atomic E-state index is 0.651. The molecule has 2 heterocycles. The molecule has 5 heteroatoms. The Morgan fingerprint density at radius 2 is 2.36 bits per heavy atom. The Kier molecular flexibility index (Phi) is 2.28. The van der Waals surface area contributed by atoms with E-state index in [1.54, 1.807) is 6.92 Å². The molecule has 0 spiro atoms.